The van der Waals surface area contributed by atoms with Crippen LogP contribution in [0.4, 0.5) is 4.39 Å². The SMILES string of the molecule is Oc1ccc2cc(Br)cc(F)c2c1Br. The van der Waals surface area contributed by atoms with Crippen LogP contribution < -0.4 is 0 Å². The van der Waals surface area contributed by atoms with Gasteiger partial charge in [-0.1, -0.05) is 22.0 Å². The molecular weight excluding hydrogens is 315 g/mol. The van der Waals surface area contributed by atoms with Crippen molar-refractivity contribution in [1.29, 1.82) is 0 Å². The van der Waals surface area contributed by atoms with E-state index in [2.05, 4.69) is 31.9 Å². The van der Waals surface area contributed by atoms with Crippen molar-refractivity contribution in [3.05, 3.63) is 39.0 Å². The van der Waals surface area contributed by atoms with Gasteiger partial charge in [0.1, 0.15) is 11.6 Å². The van der Waals surface area contributed by atoms with E-state index in [1.54, 1.807) is 12.1 Å². The van der Waals surface area contributed by atoms with Crippen molar-refractivity contribution in [2.24, 2.45) is 0 Å². The number of aromatic hydroxyl groups is 1. The molecule has 0 aliphatic carbocycles. The molecular formula is C10H5Br2FO. The van der Waals surface area contributed by atoms with Gasteiger partial charge in [0.05, 0.1) is 4.47 Å². The Hall–Kier alpha value is -0.610. The largest absolute Gasteiger partial charge is 0.507 e. The van der Waals surface area contributed by atoms with E-state index in [0.29, 0.717) is 14.3 Å². The van der Waals surface area contributed by atoms with Crippen LogP contribution in [0.2, 0.25) is 0 Å². The fraction of sp³-hybridized carbons (Fsp3) is 0. The minimum atomic E-state index is -0.364. The Morgan fingerprint density at radius 2 is 1.86 bits per heavy atom. The fourth-order valence-corrected chi connectivity index (χ4v) is 2.32. The third kappa shape index (κ3) is 1.53. The maximum absolute atomic E-state index is 13.5. The van der Waals surface area contributed by atoms with Gasteiger partial charge in [-0.3, -0.25) is 0 Å². The van der Waals surface area contributed by atoms with Crippen LogP contribution in [0.1, 0.15) is 0 Å². The van der Waals surface area contributed by atoms with Gasteiger partial charge in [-0.05, 0) is 39.5 Å². The quantitative estimate of drug-likeness (QED) is 0.771. The van der Waals surface area contributed by atoms with Gasteiger partial charge in [0, 0.05) is 9.86 Å². The number of fused-ring (bicyclic) bond motifs is 1. The molecule has 0 fully saturated rings. The first-order valence-electron chi connectivity index (χ1n) is 3.86. The molecule has 14 heavy (non-hydrogen) atoms. The minimum Gasteiger partial charge on any atom is -0.507 e. The van der Waals surface area contributed by atoms with E-state index < -0.39 is 0 Å². The molecule has 0 aliphatic rings. The van der Waals surface area contributed by atoms with Gasteiger partial charge in [-0.15, -0.1) is 0 Å². The van der Waals surface area contributed by atoms with E-state index in [0.717, 1.165) is 5.39 Å². The third-order valence-electron chi connectivity index (χ3n) is 1.95. The molecule has 0 saturated heterocycles. The average molecular weight is 320 g/mol. The van der Waals surface area contributed by atoms with E-state index in [1.807, 2.05) is 0 Å². The second kappa shape index (κ2) is 3.51. The molecule has 0 aromatic heterocycles. The maximum Gasteiger partial charge on any atom is 0.133 e. The van der Waals surface area contributed by atoms with Gasteiger partial charge < -0.3 is 5.11 Å². The summed E-state index contributed by atoms with van der Waals surface area (Å²) in [6, 6.07) is 6.36. The van der Waals surface area contributed by atoms with Crippen LogP contribution in [0.5, 0.6) is 5.75 Å². The molecule has 0 bridgehead atoms. The monoisotopic (exact) mass is 318 g/mol. The van der Waals surface area contributed by atoms with Crippen molar-refractivity contribution >= 4 is 42.6 Å². The van der Waals surface area contributed by atoms with Crippen LogP contribution >= 0.6 is 31.9 Å². The lowest BCUT2D eigenvalue weighted by Gasteiger charge is -2.04. The molecule has 2 aromatic carbocycles. The molecule has 0 unspecified atom stereocenters. The molecule has 1 N–H and O–H groups in total. The summed E-state index contributed by atoms with van der Waals surface area (Å²) < 4.78 is 14.6. The Bertz CT molecular complexity index is 511. The summed E-state index contributed by atoms with van der Waals surface area (Å²) >= 11 is 6.36. The second-order valence-electron chi connectivity index (χ2n) is 2.88. The van der Waals surface area contributed by atoms with Crippen LogP contribution in [-0.2, 0) is 0 Å². The topological polar surface area (TPSA) is 20.2 Å². The first-order valence-corrected chi connectivity index (χ1v) is 5.44. The smallest absolute Gasteiger partial charge is 0.133 e. The zero-order valence-corrected chi connectivity index (χ0v) is 10.1. The first kappa shape index (κ1) is 9.93. The van der Waals surface area contributed by atoms with Crippen LogP contribution in [0, 0.1) is 5.82 Å². The molecule has 2 aromatic rings. The van der Waals surface area contributed by atoms with Crippen molar-refractivity contribution in [3.63, 3.8) is 0 Å². The zero-order chi connectivity index (χ0) is 10.3. The van der Waals surface area contributed by atoms with Crippen LogP contribution in [0.3, 0.4) is 0 Å². The van der Waals surface area contributed by atoms with E-state index in [-0.39, 0.29) is 11.6 Å². The molecule has 2 rings (SSSR count). The molecule has 4 heteroatoms. The number of hydrogen-bond donors (Lipinski definition) is 1. The summed E-state index contributed by atoms with van der Waals surface area (Å²) in [7, 11) is 0. The number of halogens is 3. The summed E-state index contributed by atoms with van der Waals surface area (Å²) in [6.45, 7) is 0. The number of phenolic OH excluding ortho intramolecular Hbond substituents is 1. The highest BCUT2D eigenvalue weighted by Gasteiger charge is 2.09. The van der Waals surface area contributed by atoms with E-state index in [4.69, 9.17) is 0 Å². The fourth-order valence-electron chi connectivity index (χ4n) is 1.33. The molecule has 0 amide bonds. The van der Waals surface area contributed by atoms with Gasteiger partial charge in [0.2, 0.25) is 0 Å². The van der Waals surface area contributed by atoms with E-state index >= 15 is 0 Å². The Morgan fingerprint density at radius 1 is 1.14 bits per heavy atom. The van der Waals surface area contributed by atoms with Gasteiger partial charge in [0.25, 0.3) is 0 Å². The van der Waals surface area contributed by atoms with E-state index in [9.17, 15) is 9.50 Å². The Kier molecular flexibility index (Phi) is 2.49. The Morgan fingerprint density at radius 3 is 2.57 bits per heavy atom. The molecule has 72 valence electrons. The summed E-state index contributed by atoms with van der Waals surface area (Å²) in [5.41, 5.74) is 0. The normalized spacial score (nSPS) is 10.8. The highest BCUT2D eigenvalue weighted by atomic mass is 79.9. The Balaban J connectivity index is 2.95. The number of phenols is 1. The van der Waals surface area contributed by atoms with Gasteiger partial charge in [0.15, 0.2) is 0 Å². The first-order chi connectivity index (χ1) is 6.59. The minimum absolute atomic E-state index is 0.0405. The predicted molar refractivity (Wildman–Crippen MR) is 61.0 cm³/mol. The zero-order valence-electron chi connectivity index (χ0n) is 6.89. The number of rotatable bonds is 0. The molecule has 0 aliphatic heterocycles. The van der Waals surface area contributed by atoms with Crippen molar-refractivity contribution in [3.8, 4) is 5.75 Å². The summed E-state index contributed by atoms with van der Waals surface area (Å²) in [5.74, 6) is -0.323. The van der Waals surface area contributed by atoms with Gasteiger partial charge in [-0.2, -0.15) is 0 Å². The molecule has 0 radical (unpaired) electrons. The highest BCUT2D eigenvalue weighted by Crippen LogP contribution is 2.35. The summed E-state index contributed by atoms with van der Waals surface area (Å²) in [4.78, 5) is 0. The highest BCUT2D eigenvalue weighted by molar-refractivity contribution is 9.11. The third-order valence-corrected chi connectivity index (χ3v) is 3.21. The number of benzene rings is 2. The van der Waals surface area contributed by atoms with Crippen LogP contribution in [0.15, 0.2) is 33.2 Å². The van der Waals surface area contributed by atoms with Crippen molar-refractivity contribution in [2.75, 3.05) is 0 Å². The summed E-state index contributed by atoms with van der Waals surface area (Å²) in [5, 5.41) is 10.5. The lowest BCUT2D eigenvalue weighted by molar-refractivity contribution is 0.472. The maximum atomic E-state index is 13.5. The van der Waals surface area contributed by atoms with Crippen LogP contribution in [-0.4, -0.2) is 5.11 Å². The predicted octanol–water partition coefficient (Wildman–Crippen LogP) is 4.21. The second-order valence-corrected chi connectivity index (χ2v) is 4.59. The van der Waals surface area contributed by atoms with Gasteiger partial charge in [-0.25, -0.2) is 4.39 Å². The van der Waals surface area contributed by atoms with Crippen molar-refractivity contribution < 1.29 is 9.50 Å². The van der Waals surface area contributed by atoms with Crippen LogP contribution in [0.25, 0.3) is 10.8 Å². The molecule has 0 spiro atoms. The van der Waals surface area contributed by atoms with Crippen molar-refractivity contribution in [1.82, 2.24) is 0 Å². The molecule has 0 atom stereocenters. The standard InChI is InChI=1S/C10H5Br2FO/c11-6-3-5-1-2-8(14)10(12)9(5)7(13)4-6/h1-4,14H. The lowest BCUT2D eigenvalue weighted by atomic mass is 10.1. The van der Waals surface area contributed by atoms with Gasteiger partial charge >= 0.3 is 0 Å². The summed E-state index contributed by atoms with van der Waals surface area (Å²) in [6.07, 6.45) is 0. The van der Waals surface area contributed by atoms with E-state index in [1.165, 1.54) is 12.1 Å². The Labute approximate surface area is 96.8 Å². The van der Waals surface area contributed by atoms with Crippen molar-refractivity contribution in [2.45, 2.75) is 0 Å². The molecule has 0 heterocycles. The number of hydrogen-bond acceptors (Lipinski definition) is 1. The molecule has 1 nitrogen and oxygen atoms in total. The average Bonchev–Trinajstić information content (AvgIpc) is 2.10. The molecule has 0 saturated carbocycles. The lowest BCUT2D eigenvalue weighted by Crippen LogP contribution is -1.82.